The number of hydrogen-bond acceptors (Lipinski definition) is 3. The molecule has 2 rings (SSSR count). The molecular formula is C15H10Cl2N2O3. The minimum Gasteiger partial charge on any atom is -0.476 e. The topological polar surface area (TPSA) is 78.8 Å². The number of carboxylic acid groups (broad SMARTS) is 1. The van der Waals surface area contributed by atoms with Crippen LogP contribution in [0.2, 0.25) is 10.0 Å². The Morgan fingerprint density at radius 1 is 1.05 bits per heavy atom. The minimum atomic E-state index is -1.26. The summed E-state index contributed by atoms with van der Waals surface area (Å²) in [5, 5.41) is 13.4. The molecule has 0 heterocycles. The van der Waals surface area contributed by atoms with Crippen LogP contribution >= 0.6 is 23.2 Å². The van der Waals surface area contributed by atoms with Crippen LogP contribution in [0, 0.1) is 0 Å². The molecule has 0 saturated carbocycles. The summed E-state index contributed by atoms with van der Waals surface area (Å²) in [6.45, 7) is 0. The van der Waals surface area contributed by atoms with Crippen molar-refractivity contribution in [2.24, 2.45) is 5.10 Å². The molecule has 0 aromatic heterocycles. The largest absolute Gasteiger partial charge is 0.476 e. The number of halogens is 2. The summed E-state index contributed by atoms with van der Waals surface area (Å²) >= 11 is 11.7. The fourth-order valence-electron chi connectivity index (χ4n) is 1.67. The first-order valence-electron chi connectivity index (χ1n) is 6.11. The van der Waals surface area contributed by atoms with Gasteiger partial charge in [-0.05, 0) is 18.2 Å². The van der Waals surface area contributed by atoms with E-state index in [4.69, 9.17) is 23.2 Å². The van der Waals surface area contributed by atoms with Crippen molar-refractivity contribution < 1.29 is 14.7 Å². The first-order chi connectivity index (χ1) is 10.5. The van der Waals surface area contributed by atoms with Crippen molar-refractivity contribution in [3.63, 3.8) is 0 Å². The summed E-state index contributed by atoms with van der Waals surface area (Å²) < 4.78 is 0. The zero-order valence-corrected chi connectivity index (χ0v) is 12.6. The molecule has 0 aliphatic heterocycles. The summed E-state index contributed by atoms with van der Waals surface area (Å²) in [5.74, 6) is -1.88. The number of carbonyl (C=O) groups is 2. The van der Waals surface area contributed by atoms with Gasteiger partial charge in [0.25, 0.3) is 5.91 Å². The zero-order chi connectivity index (χ0) is 16.1. The van der Waals surface area contributed by atoms with Gasteiger partial charge >= 0.3 is 5.97 Å². The lowest BCUT2D eigenvalue weighted by molar-refractivity contribution is -0.129. The molecule has 0 bridgehead atoms. The van der Waals surface area contributed by atoms with Crippen LogP contribution < -0.4 is 5.43 Å². The van der Waals surface area contributed by atoms with Gasteiger partial charge in [-0.1, -0.05) is 53.5 Å². The number of benzene rings is 2. The Morgan fingerprint density at radius 2 is 1.73 bits per heavy atom. The van der Waals surface area contributed by atoms with Gasteiger partial charge in [-0.3, -0.25) is 4.79 Å². The summed E-state index contributed by atoms with van der Waals surface area (Å²) in [7, 11) is 0. The zero-order valence-electron chi connectivity index (χ0n) is 11.1. The second-order valence-electron chi connectivity index (χ2n) is 4.20. The number of aliphatic carboxylic acids is 1. The van der Waals surface area contributed by atoms with Gasteiger partial charge in [0.2, 0.25) is 0 Å². The number of carbonyl (C=O) groups excluding carboxylic acids is 1. The van der Waals surface area contributed by atoms with Crippen LogP contribution in [0.4, 0.5) is 0 Å². The lowest BCUT2D eigenvalue weighted by atomic mass is 10.1. The summed E-state index contributed by atoms with van der Waals surface area (Å²) in [6.07, 6.45) is 0. The molecule has 22 heavy (non-hydrogen) atoms. The average molecular weight is 337 g/mol. The Hall–Kier alpha value is -2.37. The summed E-state index contributed by atoms with van der Waals surface area (Å²) in [5.41, 5.74) is 2.42. The van der Waals surface area contributed by atoms with Crippen LogP contribution in [0.5, 0.6) is 0 Å². The smallest absolute Gasteiger partial charge is 0.356 e. The van der Waals surface area contributed by atoms with Crippen molar-refractivity contribution >= 4 is 40.8 Å². The van der Waals surface area contributed by atoms with E-state index >= 15 is 0 Å². The average Bonchev–Trinajstić information content (AvgIpc) is 2.48. The van der Waals surface area contributed by atoms with Gasteiger partial charge in [-0.15, -0.1) is 0 Å². The van der Waals surface area contributed by atoms with Crippen molar-refractivity contribution in [3.8, 4) is 0 Å². The number of nitrogens with zero attached hydrogens (tertiary/aromatic N) is 1. The standard InChI is InChI=1S/C15H10Cl2N2O3/c16-10-6-7-11(12(17)8-10)14(20)19-18-13(15(21)22)9-4-2-1-3-5-9/h1-8H,(H,19,20)(H,21,22). The highest BCUT2D eigenvalue weighted by molar-refractivity contribution is 6.42. The molecule has 0 spiro atoms. The van der Waals surface area contributed by atoms with E-state index in [0.717, 1.165) is 0 Å². The van der Waals surface area contributed by atoms with Crippen LogP contribution in [-0.2, 0) is 4.79 Å². The molecule has 5 nitrogen and oxygen atoms in total. The molecule has 2 aromatic rings. The number of rotatable bonds is 4. The predicted octanol–water partition coefficient (Wildman–Crippen LogP) is 3.21. The van der Waals surface area contributed by atoms with E-state index in [-0.39, 0.29) is 16.3 Å². The summed E-state index contributed by atoms with van der Waals surface area (Å²) in [6, 6.07) is 12.6. The normalized spacial score (nSPS) is 11.1. The number of amides is 1. The van der Waals surface area contributed by atoms with E-state index in [9.17, 15) is 14.7 Å². The van der Waals surface area contributed by atoms with Crippen LogP contribution in [0.25, 0.3) is 0 Å². The highest BCUT2D eigenvalue weighted by Crippen LogP contribution is 2.20. The molecule has 2 N–H and O–H groups in total. The van der Waals surface area contributed by atoms with Crippen molar-refractivity contribution in [1.29, 1.82) is 0 Å². The maximum absolute atomic E-state index is 12.0. The molecule has 7 heteroatoms. The molecule has 0 radical (unpaired) electrons. The van der Waals surface area contributed by atoms with Crippen molar-refractivity contribution in [2.75, 3.05) is 0 Å². The molecule has 0 saturated heterocycles. The monoisotopic (exact) mass is 336 g/mol. The molecule has 0 fully saturated rings. The third-order valence-corrected chi connectivity index (χ3v) is 3.24. The van der Waals surface area contributed by atoms with Gasteiger partial charge in [0.15, 0.2) is 5.71 Å². The van der Waals surface area contributed by atoms with Gasteiger partial charge in [0, 0.05) is 10.6 Å². The van der Waals surface area contributed by atoms with E-state index in [0.29, 0.717) is 10.6 Å². The fourth-order valence-corrected chi connectivity index (χ4v) is 2.17. The Balaban J connectivity index is 2.24. The Bertz CT molecular complexity index is 746. The van der Waals surface area contributed by atoms with Crippen molar-refractivity contribution in [1.82, 2.24) is 5.43 Å². The maximum atomic E-state index is 12.0. The Morgan fingerprint density at radius 3 is 2.32 bits per heavy atom. The van der Waals surface area contributed by atoms with Gasteiger partial charge in [0.05, 0.1) is 10.6 Å². The third-order valence-electron chi connectivity index (χ3n) is 2.69. The second-order valence-corrected chi connectivity index (χ2v) is 5.04. The third kappa shape index (κ3) is 3.84. The van der Waals surface area contributed by atoms with Crippen LogP contribution in [0.3, 0.4) is 0 Å². The molecule has 0 aliphatic carbocycles. The molecule has 0 atom stereocenters. The minimum absolute atomic E-state index is 0.146. The second kappa shape index (κ2) is 7.06. The van der Waals surface area contributed by atoms with E-state index in [1.54, 1.807) is 30.3 Å². The highest BCUT2D eigenvalue weighted by atomic mass is 35.5. The molecule has 112 valence electrons. The lowest BCUT2D eigenvalue weighted by Crippen LogP contribution is -2.24. The molecule has 2 aromatic carbocycles. The number of hydrazone groups is 1. The predicted molar refractivity (Wildman–Crippen MR) is 84.5 cm³/mol. The van der Waals surface area contributed by atoms with E-state index in [1.165, 1.54) is 18.2 Å². The van der Waals surface area contributed by atoms with Gasteiger partial charge in [-0.25, -0.2) is 10.2 Å². The molecule has 0 aliphatic rings. The fraction of sp³-hybridized carbons (Fsp3) is 0. The van der Waals surface area contributed by atoms with Gasteiger partial charge in [-0.2, -0.15) is 5.10 Å². The summed E-state index contributed by atoms with van der Waals surface area (Å²) in [4.78, 5) is 23.2. The van der Waals surface area contributed by atoms with Gasteiger partial charge in [0.1, 0.15) is 0 Å². The van der Waals surface area contributed by atoms with Crippen LogP contribution in [-0.4, -0.2) is 22.7 Å². The first kappa shape index (κ1) is 16.0. The Kier molecular flexibility index (Phi) is 5.14. The maximum Gasteiger partial charge on any atom is 0.356 e. The highest BCUT2D eigenvalue weighted by Gasteiger charge is 2.15. The number of hydrogen-bond donors (Lipinski definition) is 2. The SMILES string of the molecule is O=C(O)C(=NNC(=O)c1ccc(Cl)cc1Cl)c1ccccc1. The van der Waals surface area contributed by atoms with Crippen LogP contribution in [0.15, 0.2) is 53.6 Å². The molecule has 1 amide bonds. The number of nitrogens with one attached hydrogen (secondary N) is 1. The van der Waals surface area contributed by atoms with E-state index in [2.05, 4.69) is 10.5 Å². The van der Waals surface area contributed by atoms with Crippen molar-refractivity contribution in [3.05, 3.63) is 69.7 Å². The molecule has 0 unspecified atom stereocenters. The van der Waals surface area contributed by atoms with E-state index < -0.39 is 11.9 Å². The van der Waals surface area contributed by atoms with Crippen LogP contribution in [0.1, 0.15) is 15.9 Å². The number of carboxylic acids is 1. The first-order valence-corrected chi connectivity index (χ1v) is 6.86. The molecular weight excluding hydrogens is 327 g/mol. The Labute approximate surface area is 136 Å². The quantitative estimate of drug-likeness (QED) is 0.664. The van der Waals surface area contributed by atoms with E-state index in [1.807, 2.05) is 0 Å². The van der Waals surface area contributed by atoms with Crippen molar-refractivity contribution in [2.45, 2.75) is 0 Å². The van der Waals surface area contributed by atoms with Gasteiger partial charge < -0.3 is 5.11 Å². The lowest BCUT2D eigenvalue weighted by Gasteiger charge is -2.05.